The molecule has 0 aliphatic carbocycles. The first-order valence-corrected chi connectivity index (χ1v) is 8.22. The number of carbonyl (C=O) groups is 2. The van der Waals surface area contributed by atoms with Crippen molar-refractivity contribution in [2.24, 2.45) is 5.92 Å². The first-order valence-electron chi connectivity index (χ1n) is 7.05. The van der Waals surface area contributed by atoms with Crippen molar-refractivity contribution in [2.45, 2.75) is 26.2 Å². The molecule has 1 aromatic carbocycles. The second kappa shape index (κ2) is 7.27. The topological polar surface area (TPSA) is 49.4 Å². The van der Waals surface area contributed by atoms with Gasteiger partial charge in [-0.3, -0.25) is 9.59 Å². The van der Waals surface area contributed by atoms with Gasteiger partial charge in [-0.25, -0.2) is 0 Å². The first kappa shape index (κ1) is 16.3. The number of hydrogen-bond donors (Lipinski definition) is 1. The van der Waals surface area contributed by atoms with Crippen LogP contribution in [-0.2, 0) is 9.59 Å². The van der Waals surface area contributed by atoms with Crippen LogP contribution in [0.2, 0.25) is 5.02 Å². The van der Waals surface area contributed by atoms with E-state index in [2.05, 4.69) is 21.2 Å². The highest BCUT2D eigenvalue weighted by molar-refractivity contribution is 9.10. The van der Waals surface area contributed by atoms with Crippen molar-refractivity contribution in [3.63, 3.8) is 0 Å². The third-order valence-electron chi connectivity index (χ3n) is 3.64. The Bertz CT molecular complexity index is 550. The zero-order chi connectivity index (χ0) is 15.4. The summed E-state index contributed by atoms with van der Waals surface area (Å²) < 4.78 is 0.864. The van der Waals surface area contributed by atoms with Crippen LogP contribution < -0.4 is 5.32 Å². The highest BCUT2D eigenvalue weighted by Crippen LogP contribution is 2.27. The van der Waals surface area contributed by atoms with Gasteiger partial charge in [0.2, 0.25) is 11.8 Å². The zero-order valence-electron chi connectivity index (χ0n) is 11.9. The lowest BCUT2D eigenvalue weighted by Crippen LogP contribution is -2.43. The van der Waals surface area contributed by atoms with Gasteiger partial charge in [-0.15, -0.1) is 0 Å². The Morgan fingerprint density at radius 1 is 1.48 bits per heavy atom. The van der Waals surface area contributed by atoms with E-state index in [4.69, 9.17) is 11.6 Å². The molecule has 1 aliphatic heterocycles. The van der Waals surface area contributed by atoms with Gasteiger partial charge in [-0.05, 0) is 31.0 Å². The average Bonchev–Trinajstić information content (AvgIpc) is 2.49. The van der Waals surface area contributed by atoms with Crippen molar-refractivity contribution in [2.75, 3.05) is 18.4 Å². The van der Waals surface area contributed by atoms with E-state index in [1.165, 1.54) is 0 Å². The SMILES string of the molecule is CCC(=O)N1CCCC(C(=O)Nc2ccc(Br)cc2Cl)C1. The summed E-state index contributed by atoms with van der Waals surface area (Å²) in [5, 5.41) is 3.35. The fourth-order valence-corrected chi connectivity index (χ4v) is 3.19. The molecular weight excluding hydrogens is 356 g/mol. The van der Waals surface area contributed by atoms with Gasteiger partial charge in [0.05, 0.1) is 16.6 Å². The van der Waals surface area contributed by atoms with Crippen LogP contribution in [0.15, 0.2) is 22.7 Å². The summed E-state index contributed by atoms with van der Waals surface area (Å²) in [7, 11) is 0. The lowest BCUT2D eigenvalue weighted by atomic mass is 9.96. The van der Waals surface area contributed by atoms with Crippen molar-refractivity contribution < 1.29 is 9.59 Å². The molecular formula is C15H18BrClN2O2. The van der Waals surface area contributed by atoms with Gasteiger partial charge in [0.25, 0.3) is 0 Å². The molecule has 0 radical (unpaired) electrons. The van der Waals surface area contributed by atoms with E-state index >= 15 is 0 Å². The first-order chi connectivity index (χ1) is 10.0. The molecule has 21 heavy (non-hydrogen) atoms. The minimum atomic E-state index is -0.172. The van der Waals surface area contributed by atoms with Crippen LogP contribution in [0.1, 0.15) is 26.2 Å². The van der Waals surface area contributed by atoms with Crippen LogP contribution in [0.3, 0.4) is 0 Å². The standard InChI is InChI=1S/C15H18BrClN2O2/c1-2-14(20)19-7-3-4-10(9-19)15(21)18-13-6-5-11(16)8-12(13)17/h5-6,8,10H,2-4,7,9H2,1H3,(H,18,21). The minimum absolute atomic E-state index is 0.0761. The number of rotatable bonds is 3. The maximum Gasteiger partial charge on any atom is 0.229 e. The zero-order valence-corrected chi connectivity index (χ0v) is 14.2. The second-order valence-electron chi connectivity index (χ2n) is 5.15. The summed E-state index contributed by atoms with van der Waals surface area (Å²) in [5.74, 6) is -0.143. The molecule has 1 fully saturated rings. The van der Waals surface area contributed by atoms with E-state index in [-0.39, 0.29) is 17.7 Å². The Balaban J connectivity index is 2.01. The fraction of sp³-hybridized carbons (Fsp3) is 0.467. The smallest absolute Gasteiger partial charge is 0.229 e. The molecule has 1 unspecified atom stereocenters. The average molecular weight is 374 g/mol. The van der Waals surface area contributed by atoms with E-state index in [0.29, 0.717) is 23.7 Å². The summed E-state index contributed by atoms with van der Waals surface area (Å²) in [6, 6.07) is 5.34. The van der Waals surface area contributed by atoms with Gasteiger partial charge >= 0.3 is 0 Å². The number of hydrogen-bond acceptors (Lipinski definition) is 2. The predicted molar refractivity (Wildman–Crippen MR) is 87.4 cm³/mol. The Hall–Kier alpha value is -1.07. The monoisotopic (exact) mass is 372 g/mol. The van der Waals surface area contributed by atoms with Gasteiger partial charge in [0, 0.05) is 24.0 Å². The highest BCUT2D eigenvalue weighted by atomic mass is 79.9. The number of nitrogens with zero attached hydrogens (tertiary/aromatic N) is 1. The van der Waals surface area contributed by atoms with Gasteiger partial charge < -0.3 is 10.2 Å². The van der Waals surface area contributed by atoms with Crippen LogP contribution >= 0.6 is 27.5 Å². The Labute approximate surface area is 138 Å². The van der Waals surface area contributed by atoms with E-state index in [0.717, 1.165) is 23.9 Å². The molecule has 2 rings (SSSR count). The molecule has 0 aromatic heterocycles. The van der Waals surface area contributed by atoms with Gasteiger partial charge in [0.15, 0.2) is 0 Å². The van der Waals surface area contributed by atoms with Crippen molar-refractivity contribution in [1.29, 1.82) is 0 Å². The molecule has 0 saturated carbocycles. The number of halogens is 2. The third kappa shape index (κ3) is 4.20. The molecule has 0 bridgehead atoms. The largest absolute Gasteiger partial charge is 0.342 e. The van der Waals surface area contributed by atoms with E-state index < -0.39 is 0 Å². The summed E-state index contributed by atoms with van der Waals surface area (Å²) in [4.78, 5) is 25.9. The van der Waals surface area contributed by atoms with Crippen LogP contribution in [0.4, 0.5) is 5.69 Å². The number of anilines is 1. The van der Waals surface area contributed by atoms with Crippen LogP contribution in [0.25, 0.3) is 0 Å². The van der Waals surface area contributed by atoms with Crippen LogP contribution in [-0.4, -0.2) is 29.8 Å². The van der Waals surface area contributed by atoms with Crippen molar-refractivity contribution in [3.8, 4) is 0 Å². The Morgan fingerprint density at radius 3 is 2.90 bits per heavy atom. The van der Waals surface area contributed by atoms with Gasteiger partial charge in [-0.1, -0.05) is 34.5 Å². The number of likely N-dealkylation sites (tertiary alicyclic amines) is 1. The van der Waals surface area contributed by atoms with E-state index in [1.807, 2.05) is 13.0 Å². The highest BCUT2D eigenvalue weighted by Gasteiger charge is 2.28. The summed E-state index contributed by atoms with van der Waals surface area (Å²) in [6.07, 6.45) is 2.14. The number of amides is 2. The molecule has 0 spiro atoms. The summed E-state index contributed by atoms with van der Waals surface area (Å²) >= 11 is 9.43. The molecule has 4 nitrogen and oxygen atoms in total. The molecule has 1 aliphatic rings. The maximum absolute atomic E-state index is 12.3. The molecule has 1 N–H and O–H groups in total. The molecule has 2 amide bonds. The van der Waals surface area contributed by atoms with E-state index in [1.54, 1.807) is 17.0 Å². The summed E-state index contributed by atoms with van der Waals surface area (Å²) in [5.41, 5.74) is 0.601. The van der Waals surface area contributed by atoms with Gasteiger partial charge in [-0.2, -0.15) is 0 Å². The molecule has 114 valence electrons. The predicted octanol–water partition coefficient (Wildman–Crippen LogP) is 3.69. The lowest BCUT2D eigenvalue weighted by molar-refractivity contribution is -0.134. The van der Waals surface area contributed by atoms with Crippen LogP contribution in [0.5, 0.6) is 0 Å². The normalized spacial score (nSPS) is 18.4. The van der Waals surface area contributed by atoms with Crippen molar-refractivity contribution in [3.05, 3.63) is 27.7 Å². The third-order valence-corrected chi connectivity index (χ3v) is 4.44. The second-order valence-corrected chi connectivity index (χ2v) is 6.47. The van der Waals surface area contributed by atoms with Gasteiger partial charge in [0.1, 0.15) is 0 Å². The number of benzene rings is 1. The fourth-order valence-electron chi connectivity index (χ4n) is 2.47. The van der Waals surface area contributed by atoms with Crippen molar-refractivity contribution >= 4 is 45.0 Å². The minimum Gasteiger partial charge on any atom is -0.342 e. The number of carbonyl (C=O) groups excluding carboxylic acids is 2. The van der Waals surface area contributed by atoms with Crippen molar-refractivity contribution in [1.82, 2.24) is 4.90 Å². The molecule has 1 aromatic rings. The number of piperidine rings is 1. The van der Waals surface area contributed by atoms with E-state index in [9.17, 15) is 9.59 Å². The maximum atomic E-state index is 12.3. The molecule has 1 saturated heterocycles. The quantitative estimate of drug-likeness (QED) is 0.878. The lowest BCUT2D eigenvalue weighted by Gasteiger charge is -2.32. The summed E-state index contributed by atoms with van der Waals surface area (Å²) in [6.45, 7) is 3.08. The molecule has 6 heteroatoms. The molecule has 1 heterocycles. The Kier molecular flexibility index (Phi) is 5.65. The number of nitrogens with one attached hydrogen (secondary N) is 1. The van der Waals surface area contributed by atoms with Crippen LogP contribution in [0, 0.1) is 5.92 Å². The Morgan fingerprint density at radius 2 is 2.24 bits per heavy atom. The molecule has 1 atom stereocenters.